The summed E-state index contributed by atoms with van der Waals surface area (Å²) >= 11 is 0. The number of halogens is 1. The van der Waals surface area contributed by atoms with Gasteiger partial charge in [0, 0.05) is 36.6 Å². The first kappa shape index (κ1) is 20.1. The summed E-state index contributed by atoms with van der Waals surface area (Å²) in [6.07, 6.45) is 5.20. The van der Waals surface area contributed by atoms with Crippen LogP contribution in [0.2, 0.25) is 0 Å². The summed E-state index contributed by atoms with van der Waals surface area (Å²) in [5.41, 5.74) is 5.48. The summed E-state index contributed by atoms with van der Waals surface area (Å²) in [4.78, 5) is 23.6. The van der Waals surface area contributed by atoms with Crippen LogP contribution in [0.1, 0.15) is 34.5 Å². The Balaban J connectivity index is 1.52. The van der Waals surface area contributed by atoms with E-state index in [0.717, 1.165) is 22.4 Å². The molecule has 0 fully saturated rings. The number of hydrogen-bond donors (Lipinski definition) is 2. The standard InChI is InChI=1S/C24H23FN6O/c1-14(30(2)3)15-4-7-21(26-11-15)29-19-6-5-17(18-12-28-24(32)23(18)19)20-13-27-22-10-16(25)8-9-31(20)22/h4-11,13-14H,12H2,1-3H3,(H,26,29)(H,28,32)/t14-/m1/s1. The first-order valence-electron chi connectivity index (χ1n) is 10.4. The van der Waals surface area contributed by atoms with Crippen LogP contribution >= 0.6 is 0 Å². The van der Waals surface area contributed by atoms with Crippen LogP contribution in [0.3, 0.4) is 0 Å². The molecule has 5 rings (SSSR count). The maximum atomic E-state index is 13.6. The van der Waals surface area contributed by atoms with Gasteiger partial charge in [0.2, 0.25) is 0 Å². The summed E-state index contributed by atoms with van der Waals surface area (Å²) < 4.78 is 15.4. The second-order valence-electron chi connectivity index (χ2n) is 8.15. The highest BCUT2D eigenvalue weighted by atomic mass is 19.1. The fourth-order valence-corrected chi connectivity index (χ4v) is 4.01. The molecule has 0 unspecified atom stereocenters. The van der Waals surface area contributed by atoms with Crippen LogP contribution in [0.5, 0.6) is 0 Å². The molecule has 7 nitrogen and oxygen atoms in total. The Morgan fingerprint density at radius 3 is 2.75 bits per heavy atom. The van der Waals surface area contributed by atoms with Gasteiger partial charge in [0.05, 0.1) is 23.1 Å². The number of aromatic nitrogens is 3. The van der Waals surface area contributed by atoms with Crippen LogP contribution < -0.4 is 10.6 Å². The first-order chi connectivity index (χ1) is 15.4. The molecule has 0 spiro atoms. The molecule has 4 heterocycles. The van der Waals surface area contributed by atoms with E-state index in [0.29, 0.717) is 29.3 Å². The van der Waals surface area contributed by atoms with Crippen LogP contribution in [-0.2, 0) is 6.54 Å². The molecule has 4 aromatic rings. The van der Waals surface area contributed by atoms with E-state index >= 15 is 0 Å². The molecule has 0 saturated carbocycles. The van der Waals surface area contributed by atoms with Crippen molar-refractivity contribution in [1.82, 2.24) is 24.6 Å². The van der Waals surface area contributed by atoms with Crippen LogP contribution in [0.4, 0.5) is 15.9 Å². The van der Waals surface area contributed by atoms with E-state index in [2.05, 4.69) is 32.4 Å². The third kappa shape index (κ3) is 3.38. The molecular formula is C24H23FN6O. The summed E-state index contributed by atoms with van der Waals surface area (Å²) in [6, 6.07) is 10.8. The van der Waals surface area contributed by atoms with Crippen molar-refractivity contribution >= 4 is 23.1 Å². The number of pyridine rings is 2. The van der Waals surface area contributed by atoms with Crippen molar-refractivity contribution in [2.24, 2.45) is 0 Å². The molecule has 3 aromatic heterocycles. The summed E-state index contributed by atoms with van der Waals surface area (Å²) in [7, 11) is 4.06. The third-order valence-corrected chi connectivity index (χ3v) is 6.02. The fraction of sp³-hybridized carbons (Fsp3) is 0.208. The Kier molecular flexibility index (Phi) is 4.86. The molecule has 0 bridgehead atoms. The zero-order valence-corrected chi connectivity index (χ0v) is 18.1. The largest absolute Gasteiger partial charge is 0.348 e. The summed E-state index contributed by atoms with van der Waals surface area (Å²) in [5, 5.41) is 6.20. The zero-order valence-electron chi connectivity index (χ0n) is 18.1. The number of amides is 1. The van der Waals surface area contributed by atoms with E-state index in [-0.39, 0.29) is 17.8 Å². The number of fused-ring (bicyclic) bond motifs is 2. The van der Waals surface area contributed by atoms with Crippen molar-refractivity contribution in [2.45, 2.75) is 19.5 Å². The zero-order chi connectivity index (χ0) is 22.4. The Morgan fingerprint density at radius 1 is 1.16 bits per heavy atom. The average molecular weight is 430 g/mol. The third-order valence-electron chi connectivity index (χ3n) is 6.02. The van der Waals surface area contributed by atoms with E-state index in [4.69, 9.17) is 0 Å². The molecule has 0 aliphatic carbocycles. The highest BCUT2D eigenvalue weighted by molar-refractivity contribution is 6.06. The minimum absolute atomic E-state index is 0.137. The van der Waals surface area contributed by atoms with Crippen molar-refractivity contribution in [3.05, 3.63) is 77.5 Å². The smallest absolute Gasteiger partial charge is 0.254 e. The van der Waals surface area contributed by atoms with Gasteiger partial charge in [-0.05, 0) is 50.3 Å². The van der Waals surface area contributed by atoms with Gasteiger partial charge < -0.3 is 15.5 Å². The number of hydrogen-bond acceptors (Lipinski definition) is 5. The number of nitrogens with zero attached hydrogens (tertiary/aromatic N) is 4. The maximum absolute atomic E-state index is 13.6. The molecule has 1 aliphatic rings. The van der Waals surface area contributed by atoms with Gasteiger partial charge in [-0.25, -0.2) is 14.4 Å². The van der Waals surface area contributed by atoms with Gasteiger partial charge in [0.1, 0.15) is 17.3 Å². The van der Waals surface area contributed by atoms with Gasteiger partial charge in [0.25, 0.3) is 5.91 Å². The molecule has 0 saturated heterocycles. The number of benzene rings is 1. The minimum Gasteiger partial charge on any atom is -0.348 e. The van der Waals surface area contributed by atoms with Gasteiger partial charge in [0.15, 0.2) is 0 Å². The predicted octanol–water partition coefficient (Wildman–Crippen LogP) is 4.15. The molecule has 1 atom stereocenters. The highest BCUT2D eigenvalue weighted by Gasteiger charge is 2.27. The SMILES string of the molecule is C[C@H](c1ccc(Nc2ccc(-c3cnc4cc(F)ccn34)c3c2C(=O)NC3)nc1)N(C)C. The van der Waals surface area contributed by atoms with Crippen LogP contribution in [-0.4, -0.2) is 39.3 Å². The molecule has 2 N–H and O–H groups in total. The molecule has 1 amide bonds. The Bertz CT molecular complexity index is 1330. The summed E-state index contributed by atoms with van der Waals surface area (Å²) in [5.74, 6) is 0.191. The second kappa shape index (κ2) is 7.72. The number of anilines is 2. The molecule has 8 heteroatoms. The van der Waals surface area contributed by atoms with Crippen LogP contribution in [0, 0.1) is 5.82 Å². The number of carbonyl (C=O) groups is 1. The normalized spacial score (nSPS) is 14.0. The predicted molar refractivity (Wildman–Crippen MR) is 121 cm³/mol. The quantitative estimate of drug-likeness (QED) is 0.498. The van der Waals surface area contributed by atoms with E-state index in [1.807, 2.05) is 49.0 Å². The minimum atomic E-state index is -0.338. The van der Waals surface area contributed by atoms with Crippen molar-refractivity contribution < 1.29 is 9.18 Å². The maximum Gasteiger partial charge on any atom is 0.254 e. The molecule has 162 valence electrons. The van der Waals surface area contributed by atoms with E-state index in [1.54, 1.807) is 12.4 Å². The van der Waals surface area contributed by atoms with Crippen LogP contribution in [0.25, 0.3) is 16.9 Å². The van der Waals surface area contributed by atoms with E-state index < -0.39 is 0 Å². The lowest BCUT2D eigenvalue weighted by Crippen LogP contribution is -2.17. The van der Waals surface area contributed by atoms with Crippen molar-refractivity contribution in [2.75, 3.05) is 19.4 Å². The van der Waals surface area contributed by atoms with Crippen LogP contribution in [0.15, 0.2) is 55.0 Å². The van der Waals surface area contributed by atoms with Gasteiger partial charge in [-0.1, -0.05) is 12.1 Å². The lowest BCUT2D eigenvalue weighted by molar-refractivity contribution is 0.0966. The van der Waals surface area contributed by atoms with Gasteiger partial charge >= 0.3 is 0 Å². The molecule has 32 heavy (non-hydrogen) atoms. The Labute approximate surface area is 184 Å². The van der Waals surface area contributed by atoms with E-state index in [9.17, 15) is 9.18 Å². The summed E-state index contributed by atoms with van der Waals surface area (Å²) in [6.45, 7) is 2.54. The lowest BCUT2D eigenvalue weighted by Gasteiger charge is -2.20. The highest BCUT2D eigenvalue weighted by Crippen LogP contribution is 2.35. The van der Waals surface area contributed by atoms with Crippen molar-refractivity contribution in [3.63, 3.8) is 0 Å². The number of nitrogens with one attached hydrogen (secondary N) is 2. The van der Waals surface area contributed by atoms with Gasteiger partial charge in [-0.2, -0.15) is 0 Å². The Hall–Kier alpha value is -3.78. The van der Waals surface area contributed by atoms with Crippen molar-refractivity contribution in [1.29, 1.82) is 0 Å². The first-order valence-corrected chi connectivity index (χ1v) is 10.4. The van der Waals surface area contributed by atoms with Gasteiger partial charge in [-0.3, -0.25) is 9.20 Å². The second-order valence-corrected chi connectivity index (χ2v) is 8.15. The molecular weight excluding hydrogens is 407 g/mol. The number of carbonyl (C=O) groups excluding carboxylic acids is 1. The topological polar surface area (TPSA) is 74.6 Å². The monoisotopic (exact) mass is 430 g/mol. The Morgan fingerprint density at radius 2 is 2.00 bits per heavy atom. The van der Waals surface area contributed by atoms with Crippen molar-refractivity contribution in [3.8, 4) is 11.3 Å². The average Bonchev–Trinajstić information content (AvgIpc) is 3.38. The molecule has 1 aromatic carbocycles. The number of rotatable bonds is 5. The lowest BCUT2D eigenvalue weighted by atomic mass is 9.99. The van der Waals surface area contributed by atoms with Gasteiger partial charge in [-0.15, -0.1) is 0 Å². The number of imidazole rings is 1. The van der Waals surface area contributed by atoms with E-state index in [1.165, 1.54) is 12.1 Å². The fourth-order valence-electron chi connectivity index (χ4n) is 4.01. The molecule has 0 radical (unpaired) electrons. The molecule has 1 aliphatic heterocycles.